The SMILES string of the molecule is Cc1cc(S(=O)(=O)N2CCCc3ccccc32)ccc1OCC(=O)NCc1cccnc1. The first kappa shape index (κ1) is 21.8. The van der Waals surface area contributed by atoms with Crippen molar-refractivity contribution in [1.82, 2.24) is 10.3 Å². The van der Waals surface area contributed by atoms with E-state index in [1.165, 1.54) is 10.4 Å². The molecule has 8 heteroatoms. The fourth-order valence-electron chi connectivity index (χ4n) is 3.72. The number of benzene rings is 2. The van der Waals surface area contributed by atoms with Crippen LogP contribution in [0, 0.1) is 6.92 Å². The summed E-state index contributed by atoms with van der Waals surface area (Å²) >= 11 is 0. The summed E-state index contributed by atoms with van der Waals surface area (Å²) in [5, 5.41) is 2.77. The molecular formula is C24H25N3O4S. The molecule has 2 heterocycles. The smallest absolute Gasteiger partial charge is 0.264 e. The zero-order valence-corrected chi connectivity index (χ0v) is 18.6. The lowest BCUT2D eigenvalue weighted by atomic mass is 10.0. The Morgan fingerprint density at radius 1 is 1.16 bits per heavy atom. The number of carbonyl (C=O) groups excluding carboxylic acids is 1. The second-order valence-corrected chi connectivity index (χ2v) is 9.53. The van der Waals surface area contributed by atoms with E-state index in [4.69, 9.17) is 4.74 Å². The van der Waals surface area contributed by atoms with E-state index in [0.29, 0.717) is 24.4 Å². The standard InChI is InChI=1S/C24H25N3O4S/c1-18-14-21(32(29,30)27-13-5-8-20-7-2-3-9-22(20)27)10-11-23(18)31-17-24(28)26-16-19-6-4-12-25-15-19/h2-4,6-7,9-12,14-15H,5,8,13,16-17H2,1H3,(H,26,28). The molecule has 0 unspecified atom stereocenters. The van der Waals surface area contributed by atoms with Crippen LogP contribution in [0.15, 0.2) is 71.9 Å². The quantitative estimate of drug-likeness (QED) is 0.596. The Bertz CT molecular complexity index is 1210. The third kappa shape index (κ3) is 4.75. The van der Waals surface area contributed by atoms with Crippen LogP contribution >= 0.6 is 0 Å². The van der Waals surface area contributed by atoms with Gasteiger partial charge < -0.3 is 10.1 Å². The van der Waals surface area contributed by atoms with Crippen LogP contribution in [0.25, 0.3) is 0 Å². The summed E-state index contributed by atoms with van der Waals surface area (Å²) in [5.41, 5.74) is 3.32. The fourth-order valence-corrected chi connectivity index (χ4v) is 5.34. The molecular weight excluding hydrogens is 426 g/mol. The van der Waals surface area contributed by atoms with Crippen LogP contribution in [0.4, 0.5) is 5.69 Å². The predicted octanol–water partition coefficient (Wildman–Crippen LogP) is 3.23. The highest BCUT2D eigenvalue weighted by molar-refractivity contribution is 7.92. The minimum Gasteiger partial charge on any atom is -0.484 e. The van der Waals surface area contributed by atoms with Crippen molar-refractivity contribution in [3.63, 3.8) is 0 Å². The molecule has 0 aliphatic carbocycles. The van der Waals surface area contributed by atoms with Gasteiger partial charge in [0.1, 0.15) is 5.75 Å². The molecule has 0 saturated carbocycles. The van der Waals surface area contributed by atoms with Crippen molar-refractivity contribution in [2.45, 2.75) is 31.2 Å². The number of amides is 1. The summed E-state index contributed by atoms with van der Waals surface area (Å²) in [6.45, 7) is 2.43. The molecule has 0 radical (unpaired) electrons. The Labute approximate surface area is 188 Å². The van der Waals surface area contributed by atoms with Gasteiger partial charge in [-0.2, -0.15) is 0 Å². The predicted molar refractivity (Wildman–Crippen MR) is 122 cm³/mol. The van der Waals surface area contributed by atoms with Gasteiger partial charge in [0.05, 0.1) is 10.6 Å². The topological polar surface area (TPSA) is 88.6 Å². The van der Waals surface area contributed by atoms with E-state index >= 15 is 0 Å². The molecule has 3 aromatic rings. The van der Waals surface area contributed by atoms with Crippen LogP contribution in [0.5, 0.6) is 5.75 Å². The summed E-state index contributed by atoms with van der Waals surface area (Å²) in [6, 6.07) is 16.0. The van der Waals surface area contributed by atoms with Gasteiger partial charge in [0, 0.05) is 25.5 Å². The second-order valence-electron chi connectivity index (χ2n) is 7.66. The number of rotatable bonds is 7. The maximum Gasteiger partial charge on any atom is 0.264 e. The minimum absolute atomic E-state index is 0.160. The summed E-state index contributed by atoms with van der Waals surface area (Å²) in [5.74, 6) is 0.203. The summed E-state index contributed by atoms with van der Waals surface area (Å²) in [4.78, 5) is 16.3. The molecule has 1 amide bonds. The number of hydrogen-bond acceptors (Lipinski definition) is 5. The molecule has 1 aliphatic rings. The zero-order valence-electron chi connectivity index (χ0n) is 17.8. The van der Waals surface area contributed by atoms with E-state index in [0.717, 1.165) is 29.7 Å². The van der Waals surface area contributed by atoms with Gasteiger partial charge in [-0.05, 0) is 66.8 Å². The van der Waals surface area contributed by atoms with Crippen molar-refractivity contribution in [3.05, 3.63) is 83.7 Å². The van der Waals surface area contributed by atoms with Crippen LogP contribution in [0.3, 0.4) is 0 Å². The first-order valence-corrected chi connectivity index (χ1v) is 11.9. The highest BCUT2D eigenvalue weighted by atomic mass is 32.2. The molecule has 1 N–H and O–H groups in total. The van der Waals surface area contributed by atoms with Crippen LogP contribution in [-0.2, 0) is 27.8 Å². The third-order valence-corrected chi connectivity index (χ3v) is 7.18. The van der Waals surface area contributed by atoms with Gasteiger partial charge in [0.15, 0.2) is 6.61 Å². The van der Waals surface area contributed by atoms with Gasteiger partial charge in [-0.25, -0.2) is 8.42 Å². The molecule has 32 heavy (non-hydrogen) atoms. The van der Waals surface area contributed by atoms with Crippen molar-refractivity contribution in [3.8, 4) is 5.75 Å². The molecule has 4 rings (SSSR count). The van der Waals surface area contributed by atoms with Gasteiger partial charge in [0.2, 0.25) is 0 Å². The number of aromatic nitrogens is 1. The number of hydrogen-bond donors (Lipinski definition) is 1. The number of nitrogens with zero attached hydrogens (tertiary/aromatic N) is 2. The van der Waals surface area contributed by atoms with Gasteiger partial charge in [-0.3, -0.25) is 14.1 Å². The number of carbonyl (C=O) groups is 1. The highest BCUT2D eigenvalue weighted by Crippen LogP contribution is 2.33. The summed E-state index contributed by atoms with van der Waals surface area (Å²) in [7, 11) is -3.69. The Hall–Kier alpha value is -3.39. The van der Waals surface area contributed by atoms with Crippen LogP contribution < -0.4 is 14.4 Å². The molecule has 0 bridgehead atoms. The average Bonchev–Trinajstić information content (AvgIpc) is 2.82. The lowest BCUT2D eigenvalue weighted by Gasteiger charge is -2.30. The van der Waals surface area contributed by atoms with E-state index < -0.39 is 10.0 Å². The molecule has 1 aromatic heterocycles. The zero-order chi connectivity index (χ0) is 22.6. The fraction of sp³-hybridized carbons (Fsp3) is 0.250. The number of pyridine rings is 1. The normalized spacial score (nSPS) is 13.3. The van der Waals surface area contributed by atoms with Crippen LogP contribution in [0.2, 0.25) is 0 Å². The molecule has 0 fully saturated rings. The maximum absolute atomic E-state index is 13.3. The van der Waals surface area contributed by atoms with Gasteiger partial charge in [0.25, 0.3) is 15.9 Å². The first-order chi connectivity index (χ1) is 15.4. The van der Waals surface area contributed by atoms with Crippen molar-refractivity contribution in [2.24, 2.45) is 0 Å². The average molecular weight is 452 g/mol. The molecule has 7 nitrogen and oxygen atoms in total. The lowest BCUT2D eigenvalue weighted by Crippen LogP contribution is -2.35. The van der Waals surface area contributed by atoms with E-state index in [2.05, 4.69) is 10.3 Å². The Balaban J connectivity index is 1.42. The van der Waals surface area contributed by atoms with E-state index in [1.807, 2.05) is 30.3 Å². The number of nitrogens with one attached hydrogen (secondary N) is 1. The molecule has 166 valence electrons. The molecule has 2 aromatic carbocycles. The molecule has 0 spiro atoms. The molecule has 1 aliphatic heterocycles. The van der Waals surface area contributed by atoms with Crippen molar-refractivity contribution in [1.29, 1.82) is 0 Å². The van der Waals surface area contributed by atoms with Crippen molar-refractivity contribution < 1.29 is 17.9 Å². The maximum atomic E-state index is 13.3. The number of fused-ring (bicyclic) bond motifs is 1. The largest absolute Gasteiger partial charge is 0.484 e. The van der Waals surface area contributed by atoms with E-state index in [9.17, 15) is 13.2 Å². The monoisotopic (exact) mass is 451 g/mol. The number of ether oxygens (including phenoxy) is 1. The first-order valence-electron chi connectivity index (χ1n) is 10.4. The van der Waals surface area contributed by atoms with E-state index in [-0.39, 0.29) is 17.4 Å². The van der Waals surface area contributed by atoms with Crippen molar-refractivity contribution in [2.75, 3.05) is 17.5 Å². The van der Waals surface area contributed by atoms with Gasteiger partial charge >= 0.3 is 0 Å². The Kier molecular flexibility index (Phi) is 6.41. The molecule has 0 atom stereocenters. The number of anilines is 1. The number of aryl methyl sites for hydroxylation is 2. The minimum atomic E-state index is -3.69. The van der Waals surface area contributed by atoms with Crippen LogP contribution in [0.1, 0.15) is 23.1 Å². The highest BCUT2D eigenvalue weighted by Gasteiger charge is 2.29. The Morgan fingerprint density at radius 2 is 2.00 bits per heavy atom. The number of para-hydroxylation sites is 1. The number of sulfonamides is 1. The lowest BCUT2D eigenvalue weighted by molar-refractivity contribution is -0.123. The van der Waals surface area contributed by atoms with Gasteiger partial charge in [-0.1, -0.05) is 24.3 Å². The summed E-state index contributed by atoms with van der Waals surface area (Å²) < 4.78 is 33.7. The molecule has 0 saturated heterocycles. The third-order valence-electron chi connectivity index (χ3n) is 5.37. The van der Waals surface area contributed by atoms with E-state index in [1.54, 1.807) is 37.5 Å². The van der Waals surface area contributed by atoms with Crippen LogP contribution in [-0.4, -0.2) is 32.5 Å². The summed E-state index contributed by atoms with van der Waals surface area (Å²) in [6.07, 6.45) is 5.01. The Morgan fingerprint density at radius 3 is 2.78 bits per heavy atom. The van der Waals surface area contributed by atoms with Gasteiger partial charge in [-0.15, -0.1) is 0 Å². The van der Waals surface area contributed by atoms with Crippen molar-refractivity contribution >= 4 is 21.6 Å². The second kappa shape index (κ2) is 9.40.